The highest BCUT2D eigenvalue weighted by atomic mass is 35.5. The minimum Gasteiger partial charge on any atom is -0.464 e. The molecule has 0 aromatic carbocycles. The van der Waals surface area contributed by atoms with Gasteiger partial charge in [-0.05, 0) is 11.8 Å². The van der Waals surface area contributed by atoms with Gasteiger partial charge in [0.05, 0.1) is 6.61 Å². The molecule has 0 aromatic rings. The van der Waals surface area contributed by atoms with Crippen LogP contribution in [0.4, 0.5) is 0 Å². The molecule has 0 radical (unpaired) electrons. The minimum atomic E-state index is -0.443. The summed E-state index contributed by atoms with van der Waals surface area (Å²) in [5.41, 5.74) is 5.49. The van der Waals surface area contributed by atoms with E-state index in [1.54, 1.807) is 0 Å². The second kappa shape index (κ2) is 3.41. The topological polar surface area (TPSA) is 52.3 Å². The summed E-state index contributed by atoms with van der Waals surface area (Å²) in [6, 6.07) is -0.443. The van der Waals surface area contributed by atoms with E-state index in [-0.39, 0.29) is 23.8 Å². The predicted molar refractivity (Wildman–Crippen MR) is 44.6 cm³/mol. The average Bonchev–Trinajstić information content (AvgIpc) is 1.83. The van der Waals surface area contributed by atoms with Gasteiger partial charge in [0.2, 0.25) is 0 Å². The van der Waals surface area contributed by atoms with Gasteiger partial charge in [-0.15, -0.1) is 12.4 Å². The molecule has 1 heterocycles. The third kappa shape index (κ3) is 2.07. The molecule has 3 nitrogen and oxygen atoms in total. The fourth-order valence-electron chi connectivity index (χ4n) is 0.979. The predicted octanol–water partition coefficient (Wildman–Crippen LogP) is 0.709. The summed E-state index contributed by atoms with van der Waals surface area (Å²) >= 11 is 0. The van der Waals surface area contributed by atoms with Crippen molar-refractivity contribution in [2.75, 3.05) is 6.61 Å². The summed E-state index contributed by atoms with van der Waals surface area (Å²) in [4.78, 5) is 10.9. The van der Waals surface area contributed by atoms with E-state index in [1.807, 2.05) is 13.8 Å². The fraction of sp³-hybridized carbons (Fsp3) is 0.857. The van der Waals surface area contributed by atoms with Gasteiger partial charge in [-0.25, -0.2) is 0 Å². The van der Waals surface area contributed by atoms with Crippen molar-refractivity contribution in [3.8, 4) is 0 Å². The number of rotatable bonds is 0. The Morgan fingerprint density at radius 3 is 2.55 bits per heavy atom. The van der Waals surface area contributed by atoms with E-state index in [9.17, 15) is 4.79 Å². The smallest absolute Gasteiger partial charge is 0.323 e. The zero-order valence-electron chi connectivity index (χ0n) is 6.79. The van der Waals surface area contributed by atoms with Gasteiger partial charge in [-0.1, -0.05) is 13.8 Å². The van der Waals surface area contributed by atoms with Gasteiger partial charge in [-0.3, -0.25) is 4.79 Å². The molecule has 0 saturated carbocycles. The van der Waals surface area contributed by atoms with E-state index < -0.39 is 6.04 Å². The highest BCUT2D eigenvalue weighted by molar-refractivity contribution is 5.85. The summed E-state index contributed by atoms with van der Waals surface area (Å²) in [5.74, 6) is -0.267. The maximum Gasteiger partial charge on any atom is 0.323 e. The summed E-state index contributed by atoms with van der Waals surface area (Å²) in [7, 11) is 0. The molecule has 1 rings (SSSR count). The Kier molecular flexibility index (Phi) is 3.32. The van der Waals surface area contributed by atoms with Crippen LogP contribution in [-0.2, 0) is 9.53 Å². The van der Waals surface area contributed by atoms with Crippen molar-refractivity contribution >= 4 is 18.4 Å². The van der Waals surface area contributed by atoms with E-state index in [2.05, 4.69) is 0 Å². The first-order valence-corrected chi connectivity index (χ1v) is 3.46. The molecule has 0 bridgehead atoms. The van der Waals surface area contributed by atoms with Crippen molar-refractivity contribution in [1.29, 1.82) is 0 Å². The lowest BCUT2D eigenvalue weighted by atomic mass is 9.80. The SMILES string of the molecule is CC1(C)CCOC(=O)C1N.Cl. The molecule has 11 heavy (non-hydrogen) atoms. The average molecular weight is 180 g/mol. The van der Waals surface area contributed by atoms with Crippen LogP contribution in [-0.4, -0.2) is 18.6 Å². The number of nitrogens with two attached hydrogens (primary N) is 1. The third-order valence-corrected chi connectivity index (χ3v) is 2.09. The number of esters is 1. The van der Waals surface area contributed by atoms with Gasteiger partial charge in [0, 0.05) is 0 Å². The van der Waals surface area contributed by atoms with E-state index in [1.165, 1.54) is 0 Å². The van der Waals surface area contributed by atoms with Crippen LogP contribution >= 0.6 is 12.4 Å². The maximum atomic E-state index is 10.9. The second-order valence-corrected chi connectivity index (χ2v) is 3.38. The number of hydrogen-bond donors (Lipinski definition) is 1. The number of carbonyl (C=O) groups is 1. The monoisotopic (exact) mass is 179 g/mol. The molecule has 1 fully saturated rings. The molecular weight excluding hydrogens is 166 g/mol. The van der Waals surface area contributed by atoms with Crippen LogP contribution < -0.4 is 5.73 Å². The number of ether oxygens (including phenoxy) is 1. The largest absolute Gasteiger partial charge is 0.464 e. The Morgan fingerprint density at radius 1 is 1.64 bits per heavy atom. The first-order valence-electron chi connectivity index (χ1n) is 3.46. The number of hydrogen-bond acceptors (Lipinski definition) is 3. The molecular formula is C7H14ClNO2. The van der Waals surface area contributed by atoms with Gasteiger partial charge in [0.25, 0.3) is 0 Å². The van der Waals surface area contributed by atoms with Crippen LogP contribution in [0.5, 0.6) is 0 Å². The highest BCUT2D eigenvalue weighted by Gasteiger charge is 2.36. The molecule has 1 atom stereocenters. The van der Waals surface area contributed by atoms with Crippen molar-refractivity contribution in [1.82, 2.24) is 0 Å². The summed E-state index contributed by atoms with van der Waals surface area (Å²) in [6.07, 6.45) is 0.861. The number of carbonyl (C=O) groups excluding carboxylic acids is 1. The molecule has 1 unspecified atom stereocenters. The molecule has 1 aliphatic rings. The van der Waals surface area contributed by atoms with Crippen LogP contribution in [0.3, 0.4) is 0 Å². The zero-order valence-corrected chi connectivity index (χ0v) is 7.61. The molecule has 1 aliphatic heterocycles. The summed E-state index contributed by atoms with van der Waals surface area (Å²) in [6.45, 7) is 4.48. The van der Waals surface area contributed by atoms with Crippen molar-refractivity contribution in [3.05, 3.63) is 0 Å². The molecule has 2 N–H and O–H groups in total. The molecule has 0 aromatic heterocycles. The van der Waals surface area contributed by atoms with E-state index >= 15 is 0 Å². The molecule has 0 spiro atoms. The Hall–Kier alpha value is -0.280. The maximum absolute atomic E-state index is 10.9. The van der Waals surface area contributed by atoms with Crippen LogP contribution in [0.25, 0.3) is 0 Å². The molecule has 1 saturated heterocycles. The van der Waals surface area contributed by atoms with Gasteiger partial charge in [0.15, 0.2) is 0 Å². The number of cyclic esters (lactones) is 1. The van der Waals surface area contributed by atoms with Gasteiger partial charge in [-0.2, -0.15) is 0 Å². The molecule has 4 heteroatoms. The molecule has 0 aliphatic carbocycles. The van der Waals surface area contributed by atoms with Crippen molar-refractivity contribution in [2.45, 2.75) is 26.3 Å². The first-order chi connectivity index (χ1) is 4.54. The van der Waals surface area contributed by atoms with E-state index in [4.69, 9.17) is 10.5 Å². The zero-order chi connectivity index (χ0) is 7.78. The van der Waals surface area contributed by atoms with Crippen molar-refractivity contribution < 1.29 is 9.53 Å². The third-order valence-electron chi connectivity index (χ3n) is 2.09. The van der Waals surface area contributed by atoms with Crippen LogP contribution in [0.1, 0.15) is 20.3 Å². The van der Waals surface area contributed by atoms with Crippen LogP contribution in [0, 0.1) is 5.41 Å². The lowest BCUT2D eigenvalue weighted by molar-refractivity contribution is -0.154. The van der Waals surface area contributed by atoms with Gasteiger partial charge >= 0.3 is 5.97 Å². The van der Waals surface area contributed by atoms with Crippen molar-refractivity contribution in [2.24, 2.45) is 11.1 Å². The second-order valence-electron chi connectivity index (χ2n) is 3.38. The lowest BCUT2D eigenvalue weighted by Gasteiger charge is -2.33. The van der Waals surface area contributed by atoms with Gasteiger partial charge in [0.1, 0.15) is 6.04 Å². The highest BCUT2D eigenvalue weighted by Crippen LogP contribution is 2.28. The minimum absolute atomic E-state index is 0. The quantitative estimate of drug-likeness (QED) is 0.558. The summed E-state index contributed by atoms with van der Waals surface area (Å²) in [5, 5.41) is 0. The molecule has 0 amide bonds. The Morgan fingerprint density at radius 2 is 2.18 bits per heavy atom. The Labute approximate surface area is 72.7 Å². The molecule has 66 valence electrons. The first kappa shape index (κ1) is 10.7. The van der Waals surface area contributed by atoms with E-state index in [0.717, 1.165) is 6.42 Å². The summed E-state index contributed by atoms with van der Waals surface area (Å²) < 4.78 is 4.76. The Bertz CT molecular complexity index is 159. The fourth-order valence-corrected chi connectivity index (χ4v) is 0.979. The van der Waals surface area contributed by atoms with Crippen LogP contribution in [0.2, 0.25) is 0 Å². The Balaban J connectivity index is 0.000001000. The standard InChI is InChI=1S/C7H13NO2.ClH/c1-7(2)3-4-10-6(9)5(7)8;/h5H,3-4,8H2,1-2H3;1H. The van der Waals surface area contributed by atoms with Crippen LogP contribution in [0.15, 0.2) is 0 Å². The van der Waals surface area contributed by atoms with E-state index in [0.29, 0.717) is 6.61 Å². The van der Waals surface area contributed by atoms with Crippen molar-refractivity contribution in [3.63, 3.8) is 0 Å². The number of halogens is 1. The van der Waals surface area contributed by atoms with Gasteiger partial charge < -0.3 is 10.5 Å². The normalized spacial score (nSPS) is 28.6. The lowest BCUT2D eigenvalue weighted by Crippen LogP contribution is -2.49.